The van der Waals surface area contributed by atoms with Gasteiger partial charge in [-0.1, -0.05) is 23.6 Å². The molecule has 1 aromatic rings. The summed E-state index contributed by atoms with van der Waals surface area (Å²) in [5.41, 5.74) is 1.07. The predicted molar refractivity (Wildman–Crippen MR) is 89.9 cm³/mol. The lowest BCUT2D eigenvalue weighted by Gasteiger charge is -2.16. The first-order valence-electron chi connectivity index (χ1n) is 7.75. The van der Waals surface area contributed by atoms with Crippen molar-refractivity contribution in [3.63, 3.8) is 0 Å². The molecule has 0 bridgehead atoms. The maximum absolute atomic E-state index is 12.6. The lowest BCUT2D eigenvalue weighted by Crippen LogP contribution is -2.28. The van der Waals surface area contributed by atoms with Crippen LogP contribution in [0.3, 0.4) is 0 Å². The largest absolute Gasteiger partial charge is 0.243 e. The maximum Gasteiger partial charge on any atom is 0.243 e. The maximum atomic E-state index is 12.6. The number of aryl methyl sites for hydroxylation is 1. The zero-order valence-electron chi connectivity index (χ0n) is 13.9. The van der Waals surface area contributed by atoms with Gasteiger partial charge in [0.25, 0.3) is 0 Å². The molecule has 4 heteroatoms. The highest BCUT2D eigenvalue weighted by atomic mass is 32.2. The topological polar surface area (TPSA) is 37.4 Å². The van der Waals surface area contributed by atoms with Crippen molar-refractivity contribution in [1.82, 2.24) is 4.31 Å². The van der Waals surface area contributed by atoms with Crippen LogP contribution in [-0.2, 0) is 10.0 Å². The van der Waals surface area contributed by atoms with Crippen molar-refractivity contribution in [2.45, 2.75) is 45.4 Å². The Kier molecular flexibility index (Phi) is 4.99. The molecule has 22 heavy (non-hydrogen) atoms. The molecule has 0 spiro atoms. The summed E-state index contributed by atoms with van der Waals surface area (Å²) in [5, 5.41) is 0. The molecule has 1 saturated heterocycles. The first-order chi connectivity index (χ1) is 10.2. The van der Waals surface area contributed by atoms with Crippen LogP contribution in [0.15, 0.2) is 29.2 Å². The monoisotopic (exact) mass is 319 g/mol. The van der Waals surface area contributed by atoms with Crippen molar-refractivity contribution < 1.29 is 8.42 Å². The van der Waals surface area contributed by atoms with Gasteiger partial charge in [0.2, 0.25) is 10.0 Å². The summed E-state index contributed by atoms with van der Waals surface area (Å²) >= 11 is 0. The molecule has 1 fully saturated rings. The SMILES string of the molecule is Cc1ccc(S(=O)(=O)N2CCC(CC#CC(C)(C)C)C2)cc1. The van der Waals surface area contributed by atoms with E-state index in [1.54, 1.807) is 16.4 Å². The van der Waals surface area contributed by atoms with E-state index in [4.69, 9.17) is 0 Å². The Morgan fingerprint density at radius 1 is 1.23 bits per heavy atom. The molecule has 1 aliphatic rings. The molecule has 1 atom stereocenters. The van der Waals surface area contributed by atoms with Gasteiger partial charge in [-0.05, 0) is 52.2 Å². The van der Waals surface area contributed by atoms with E-state index in [-0.39, 0.29) is 5.41 Å². The van der Waals surface area contributed by atoms with Gasteiger partial charge in [-0.2, -0.15) is 4.31 Å². The lowest BCUT2D eigenvalue weighted by atomic mass is 9.96. The first kappa shape index (κ1) is 17.1. The number of sulfonamides is 1. The van der Waals surface area contributed by atoms with Gasteiger partial charge in [0.1, 0.15) is 0 Å². The third kappa shape index (κ3) is 4.34. The third-order valence-electron chi connectivity index (χ3n) is 3.76. The molecule has 2 rings (SSSR count). The van der Waals surface area contributed by atoms with Gasteiger partial charge in [0, 0.05) is 24.9 Å². The Bertz CT molecular complexity index is 673. The highest BCUT2D eigenvalue weighted by molar-refractivity contribution is 7.89. The van der Waals surface area contributed by atoms with Crippen molar-refractivity contribution in [3.8, 4) is 11.8 Å². The normalized spacial score (nSPS) is 19.7. The molecule has 0 N–H and O–H groups in total. The van der Waals surface area contributed by atoms with Crippen molar-refractivity contribution in [2.24, 2.45) is 11.3 Å². The van der Waals surface area contributed by atoms with Crippen LogP contribution in [-0.4, -0.2) is 25.8 Å². The molecule has 120 valence electrons. The summed E-state index contributed by atoms with van der Waals surface area (Å²) in [7, 11) is -3.36. The van der Waals surface area contributed by atoms with Gasteiger partial charge >= 0.3 is 0 Å². The average Bonchev–Trinajstić information content (AvgIpc) is 2.87. The van der Waals surface area contributed by atoms with Crippen molar-refractivity contribution >= 4 is 10.0 Å². The second-order valence-corrected chi connectivity index (χ2v) is 9.02. The summed E-state index contributed by atoms with van der Waals surface area (Å²) in [6, 6.07) is 7.07. The second kappa shape index (κ2) is 6.44. The zero-order valence-corrected chi connectivity index (χ0v) is 14.7. The van der Waals surface area contributed by atoms with Gasteiger partial charge < -0.3 is 0 Å². The molecule has 3 nitrogen and oxygen atoms in total. The average molecular weight is 319 g/mol. The zero-order chi connectivity index (χ0) is 16.4. The summed E-state index contributed by atoms with van der Waals surface area (Å²) in [4.78, 5) is 0.388. The van der Waals surface area contributed by atoms with E-state index in [1.807, 2.05) is 19.1 Å². The van der Waals surface area contributed by atoms with E-state index in [9.17, 15) is 8.42 Å². The van der Waals surface area contributed by atoms with E-state index < -0.39 is 10.0 Å². The van der Waals surface area contributed by atoms with Gasteiger partial charge in [-0.3, -0.25) is 0 Å². The van der Waals surface area contributed by atoms with E-state index in [0.29, 0.717) is 23.9 Å². The van der Waals surface area contributed by atoms with Gasteiger partial charge in [0.05, 0.1) is 4.90 Å². The van der Waals surface area contributed by atoms with Crippen LogP contribution in [0.2, 0.25) is 0 Å². The fraction of sp³-hybridized carbons (Fsp3) is 0.556. The van der Waals surface area contributed by atoms with Crippen molar-refractivity contribution in [1.29, 1.82) is 0 Å². The number of nitrogens with zero attached hydrogens (tertiary/aromatic N) is 1. The molecule has 0 aromatic heterocycles. The fourth-order valence-electron chi connectivity index (χ4n) is 2.50. The number of benzene rings is 1. The number of hydrogen-bond donors (Lipinski definition) is 0. The molecule has 1 aromatic carbocycles. The third-order valence-corrected chi connectivity index (χ3v) is 5.64. The summed E-state index contributed by atoms with van der Waals surface area (Å²) in [6.07, 6.45) is 1.67. The summed E-state index contributed by atoms with van der Waals surface area (Å²) in [5.74, 6) is 6.78. The minimum atomic E-state index is -3.36. The molecule has 0 saturated carbocycles. The molecule has 0 aliphatic carbocycles. The lowest BCUT2D eigenvalue weighted by molar-refractivity contribution is 0.459. The van der Waals surface area contributed by atoms with E-state index in [1.165, 1.54) is 0 Å². The van der Waals surface area contributed by atoms with Crippen LogP contribution < -0.4 is 0 Å². The molecular formula is C18H25NO2S. The Morgan fingerprint density at radius 3 is 2.45 bits per heavy atom. The second-order valence-electron chi connectivity index (χ2n) is 7.09. The first-order valence-corrected chi connectivity index (χ1v) is 9.19. The molecule has 0 amide bonds. The quantitative estimate of drug-likeness (QED) is 0.800. The van der Waals surface area contributed by atoms with Crippen LogP contribution in [0.1, 0.15) is 39.2 Å². The van der Waals surface area contributed by atoms with E-state index >= 15 is 0 Å². The van der Waals surface area contributed by atoms with Gasteiger partial charge in [0.15, 0.2) is 0 Å². The van der Waals surface area contributed by atoms with Crippen LogP contribution in [0.25, 0.3) is 0 Å². The Balaban J connectivity index is 2.03. The Hall–Kier alpha value is -1.31. The molecular weight excluding hydrogens is 294 g/mol. The van der Waals surface area contributed by atoms with E-state index in [2.05, 4.69) is 32.6 Å². The fourth-order valence-corrected chi connectivity index (χ4v) is 4.03. The van der Waals surface area contributed by atoms with E-state index in [0.717, 1.165) is 18.4 Å². The van der Waals surface area contributed by atoms with Crippen LogP contribution in [0, 0.1) is 30.1 Å². The van der Waals surface area contributed by atoms with Crippen molar-refractivity contribution in [3.05, 3.63) is 29.8 Å². The highest BCUT2D eigenvalue weighted by Crippen LogP contribution is 2.26. The molecule has 0 radical (unpaired) electrons. The van der Waals surface area contributed by atoms with Crippen molar-refractivity contribution in [2.75, 3.05) is 13.1 Å². The smallest absolute Gasteiger partial charge is 0.207 e. The minimum absolute atomic E-state index is 0.00622. The van der Waals surface area contributed by atoms with Gasteiger partial charge in [-0.15, -0.1) is 5.92 Å². The molecule has 1 unspecified atom stereocenters. The number of rotatable bonds is 3. The molecule has 1 aliphatic heterocycles. The minimum Gasteiger partial charge on any atom is -0.207 e. The number of hydrogen-bond acceptors (Lipinski definition) is 2. The van der Waals surface area contributed by atoms with Crippen LogP contribution in [0.4, 0.5) is 0 Å². The summed E-state index contributed by atoms with van der Waals surface area (Å²) < 4.78 is 26.8. The summed E-state index contributed by atoms with van der Waals surface area (Å²) in [6.45, 7) is 9.39. The van der Waals surface area contributed by atoms with Gasteiger partial charge in [-0.25, -0.2) is 8.42 Å². The predicted octanol–water partition coefficient (Wildman–Crippen LogP) is 3.45. The van der Waals surface area contributed by atoms with Crippen LogP contribution in [0.5, 0.6) is 0 Å². The highest BCUT2D eigenvalue weighted by Gasteiger charge is 2.32. The Morgan fingerprint density at radius 2 is 1.86 bits per heavy atom. The van der Waals surface area contributed by atoms with Crippen LogP contribution >= 0.6 is 0 Å². The standard InChI is InChI=1S/C18H25NO2S/c1-15-7-9-17(10-8-15)22(20,21)19-13-11-16(14-19)6-5-12-18(2,3)4/h7-10,16H,6,11,13-14H2,1-4H3. The molecule has 1 heterocycles. The Labute approximate surface area is 134 Å².